The molecule has 2 fully saturated rings. The Kier molecular flexibility index (Phi) is 3.34. The Labute approximate surface area is 116 Å². The smallest absolute Gasteiger partial charge is 0.171 e. The second-order valence-corrected chi connectivity index (χ2v) is 5.84. The van der Waals surface area contributed by atoms with Crippen LogP contribution in [0, 0.1) is 5.92 Å². The average molecular weight is 288 g/mol. The molecule has 2 heterocycles. The number of morpholine rings is 1. The predicted molar refractivity (Wildman–Crippen MR) is 71.3 cm³/mol. The zero-order chi connectivity index (χ0) is 12.7. The summed E-state index contributed by atoms with van der Waals surface area (Å²) in [6.07, 6.45) is 4.46. The second-order valence-electron chi connectivity index (χ2n) is 5.06. The van der Waals surface area contributed by atoms with Gasteiger partial charge in [-0.25, -0.2) is 0 Å². The summed E-state index contributed by atoms with van der Waals surface area (Å²) in [6, 6.07) is 0. The van der Waals surface area contributed by atoms with Gasteiger partial charge in [0.1, 0.15) is 5.02 Å². The highest BCUT2D eigenvalue weighted by molar-refractivity contribution is 6.43. The van der Waals surface area contributed by atoms with Crippen LogP contribution in [0.4, 0.5) is 5.82 Å². The molecule has 1 aromatic rings. The first-order chi connectivity index (χ1) is 8.65. The van der Waals surface area contributed by atoms with Gasteiger partial charge in [0.05, 0.1) is 23.4 Å². The lowest BCUT2D eigenvalue weighted by Crippen LogP contribution is -2.48. The van der Waals surface area contributed by atoms with Gasteiger partial charge < -0.3 is 9.64 Å². The van der Waals surface area contributed by atoms with Crippen molar-refractivity contribution in [3.05, 3.63) is 16.2 Å². The van der Waals surface area contributed by atoms with Crippen molar-refractivity contribution in [1.29, 1.82) is 0 Å². The lowest BCUT2D eigenvalue weighted by atomic mass is 10.1. The van der Waals surface area contributed by atoms with Crippen LogP contribution in [0.1, 0.15) is 19.8 Å². The minimum Gasteiger partial charge on any atom is -0.371 e. The summed E-state index contributed by atoms with van der Waals surface area (Å²) in [6.45, 7) is 3.68. The minimum absolute atomic E-state index is 0.182. The van der Waals surface area contributed by atoms with Crippen LogP contribution >= 0.6 is 23.2 Å². The topological polar surface area (TPSA) is 38.2 Å². The molecule has 1 aromatic heterocycles. The van der Waals surface area contributed by atoms with Gasteiger partial charge in [0.2, 0.25) is 0 Å². The Bertz CT molecular complexity index is 453. The molecule has 0 radical (unpaired) electrons. The fraction of sp³-hybridized carbons (Fsp3) is 0.667. The van der Waals surface area contributed by atoms with Crippen LogP contribution < -0.4 is 4.90 Å². The molecule has 3 rings (SSSR count). The van der Waals surface area contributed by atoms with Gasteiger partial charge in [-0.05, 0) is 25.7 Å². The van der Waals surface area contributed by atoms with E-state index >= 15 is 0 Å². The Morgan fingerprint density at radius 3 is 2.83 bits per heavy atom. The van der Waals surface area contributed by atoms with Gasteiger partial charge in [-0.3, -0.25) is 0 Å². The number of aromatic nitrogens is 2. The van der Waals surface area contributed by atoms with Gasteiger partial charge in [0.25, 0.3) is 0 Å². The lowest BCUT2D eigenvalue weighted by Gasteiger charge is -2.37. The maximum absolute atomic E-state index is 6.20. The molecule has 4 nitrogen and oxygen atoms in total. The van der Waals surface area contributed by atoms with E-state index < -0.39 is 0 Å². The third-order valence-electron chi connectivity index (χ3n) is 3.46. The van der Waals surface area contributed by atoms with E-state index in [1.807, 2.05) is 0 Å². The molecule has 1 aliphatic heterocycles. The molecule has 0 bridgehead atoms. The summed E-state index contributed by atoms with van der Waals surface area (Å²) in [5, 5.41) is 8.93. The number of nitrogens with zero attached hydrogens (tertiary/aromatic N) is 3. The van der Waals surface area contributed by atoms with E-state index in [0.29, 0.717) is 21.8 Å². The van der Waals surface area contributed by atoms with Gasteiger partial charge in [0, 0.05) is 13.1 Å². The number of hydrogen-bond donors (Lipinski definition) is 0. The van der Waals surface area contributed by atoms with Crippen LogP contribution in [0.15, 0.2) is 6.20 Å². The molecule has 2 atom stereocenters. The highest BCUT2D eigenvalue weighted by Crippen LogP contribution is 2.38. The molecule has 0 spiro atoms. The van der Waals surface area contributed by atoms with Crippen molar-refractivity contribution in [3.8, 4) is 0 Å². The molecule has 0 aromatic carbocycles. The second kappa shape index (κ2) is 4.83. The summed E-state index contributed by atoms with van der Waals surface area (Å²) in [5.41, 5.74) is 0. The van der Waals surface area contributed by atoms with Gasteiger partial charge in [0.15, 0.2) is 5.82 Å². The summed E-state index contributed by atoms with van der Waals surface area (Å²) in [7, 11) is 0. The zero-order valence-electron chi connectivity index (χ0n) is 10.1. The van der Waals surface area contributed by atoms with Crippen LogP contribution in [0.5, 0.6) is 0 Å². The highest BCUT2D eigenvalue weighted by Gasteiger charge is 2.38. The Morgan fingerprint density at radius 1 is 1.33 bits per heavy atom. The van der Waals surface area contributed by atoms with E-state index in [2.05, 4.69) is 22.0 Å². The summed E-state index contributed by atoms with van der Waals surface area (Å²) >= 11 is 12.2. The normalized spacial score (nSPS) is 28.5. The van der Waals surface area contributed by atoms with Crippen molar-refractivity contribution in [2.24, 2.45) is 5.92 Å². The summed E-state index contributed by atoms with van der Waals surface area (Å²) in [4.78, 5) is 2.14. The van der Waals surface area contributed by atoms with E-state index in [1.54, 1.807) is 0 Å². The SMILES string of the molecule is C[C@H]1CN(c2nncc(Cl)c2Cl)C[C@@H](C2CC2)O1. The van der Waals surface area contributed by atoms with Crippen LogP contribution in [-0.2, 0) is 4.74 Å². The first kappa shape index (κ1) is 12.5. The first-order valence-electron chi connectivity index (χ1n) is 6.22. The van der Waals surface area contributed by atoms with Gasteiger partial charge in [-0.1, -0.05) is 23.2 Å². The average Bonchev–Trinajstić information content (AvgIpc) is 3.16. The molecule has 1 aliphatic carbocycles. The minimum atomic E-state index is 0.182. The van der Waals surface area contributed by atoms with E-state index in [4.69, 9.17) is 27.9 Å². The molecule has 1 saturated heterocycles. The van der Waals surface area contributed by atoms with Gasteiger partial charge in [-0.15, -0.1) is 5.10 Å². The van der Waals surface area contributed by atoms with Crippen LogP contribution in [0.2, 0.25) is 10.0 Å². The number of anilines is 1. The van der Waals surface area contributed by atoms with Crippen LogP contribution in [0.25, 0.3) is 0 Å². The fourth-order valence-electron chi connectivity index (χ4n) is 2.43. The van der Waals surface area contributed by atoms with Crippen molar-refractivity contribution < 1.29 is 4.74 Å². The number of rotatable bonds is 2. The molecule has 0 unspecified atom stereocenters. The maximum Gasteiger partial charge on any atom is 0.171 e. The van der Waals surface area contributed by atoms with Crippen molar-refractivity contribution in [2.45, 2.75) is 32.0 Å². The monoisotopic (exact) mass is 287 g/mol. The Morgan fingerprint density at radius 2 is 2.11 bits per heavy atom. The standard InChI is InChI=1S/C12H15Cl2N3O/c1-7-5-17(6-10(18-7)8-2-3-8)12-11(14)9(13)4-15-16-12/h4,7-8,10H,2-3,5-6H2,1H3/t7-,10-/m0/s1. The summed E-state index contributed by atoms with van der Waals surface area (Å²) < 4.78 is 5.97. The van der Waals surface area contributed by atoms with Crippen molar-refractivity contribution in [3.63, 3.8) is 0 Å². The van der Waals surface area contributed by atoms with Crippen molar-refractivity contribution in [1.82, 2.24) is 10.2 Å². The van der Waals surface area contributed by atoms with Crippen LogP contribution in [0.3, 0.4) is 0 Å². The zero-order valence-corrected chi connectivity index (χ0v) is 11.7. The molecular weight excluding hydrogens is 273 g/mol. The van der Waals surface area contributed by atoms with E-state index in [1.165, 1.54) is 19.0 Å². The van der Waals surface area contributed by atoms with E-state index in [0.717, 1.165) is 13.1 Å². The van der Waals surface area contributed by atoms with Gasteiger partial charge in [-0.2, -0.15) is 5.10 Å². The predicted octanol–water partition coefficient (Wildman–Crippen LogP) is 2.79. The molecule has 0 N–H and O–H groups in total. The summed E-state index contributed by atoms with van der Waals surface area (Å²) in [5.74, 6) is 1.37. The molecule has 18 heavy (non-hydrogen) atoms. The Hall–Kier alpha value is -0.580. The number of halogens is 2. The maximum atomic E-state index is 6.20. The lowest BCUT2D eigenvalue weighted by molar-refractivity contribution is -0.0274. The van der Waals surface area contributed by atoms with Crippen molar-refractivity contribution >= 4 is 29.0 Å². The highest BCUT2D eigenvalue weighted by atomic mass is 35.5. The van der Waals surface area contributed by atoms with Crippen molar-refractivity contribution in [2.75, 3.05) is 18.0 Å². The third-order valence-corrected chi connectivity index (χ3v) is 4.22. The largest absolute Gasteiger partial charge is 0.371 e. The van der Waals surface area contributed by atoms with Gasteiger partial charge >= 0.3 is 0 Å². The molecule has 98 valence electrons. The third kappa shape index (κ3) is 2.42. The van der Waals surface area contributed by atoms with Crippen LogP contribution in [-0.4, -0.2) is 35.5 Å². The van der Waals surface area contributed by atoms with E-state index in [-0.39, 0.29) is 12.2 Å². The number of ether oxygens (including phenoxy) is 1. The van der Waals surface area contributed by atoms with E-state index in [9.17, 15) is 0 Å². The molecule has 1 saturated carbocycles. The molecule has 2 aliphatic rings. The molecule has 0 amide bonds. The fourth-order valence-corrected chi connectivity index (χ4v) is 2.77. The molecular formula is C12H15Cl2N3O. The Balaban J connectivity index is 1.83. The first-order valence-corrected chi connectivity index (χ1v) is 6.98. The molecule has 6 heteroatoms. The quantitative estimate of drug-likeness (QED) is 0.838. The number of hydrogen-bond acceptors (Lipinski definition) is 4.